The van der Waals surface area contributed by atoms with Gasteiger partial charge in [0.25, 0.3) is 11.8 Å². The van der Waals surface area contributed by atoms with Crippen LogP contribution in [-0.4, -0.2) is 40.4 Å². The number of nitrogens with two attached hydrogens (primary N) is 1. The van der Waals surface area contributed by atoms with E-state index in [0.717, 1.165) is 21.6 Å². The Morgan fingerprint density at radius 2 is 1.58 bits per heavy atom. The molecule has 0 aromatic heterocycles. The zero-order valence-electron chi connectivity index (χ0n) is 22.8. The lowest BCUT2D eigenvalue weighted by Crippen LogP contribution is -2.51. The predicted molar refractivity (Wildman–Crippen MR) is 146 cm³/mol. The summed E-state index contributed by atoms with van der Waals surface area (Å²) in [6, 6.07) is 12.5. The van der Waals surface area contributed by atoms with Gasteiger partial charge in [0, 0.05) is 18.2 Å². The second kappa shape index (κ2) is 12.8. The van der Waals surface area contributed by atoms with Gasteiger partial charge in [-0.2, -0.15) is 0 Å². The Labute approximate surface area is 224 Å². The van der Waals surface area contributed by atoms with Crippen LogP contribution >= 0.6 is 0 Å². The number of nitrogens with zero attached hydrogens (tertiary/aromatic N) is 1. The van der Waals surface area contributed by atoms with Crippen molar-refractivity contribution in [3.05, 3.63) is 64.7 Å². The Balaban J connectivity index is 2.55. The van der Waals surface area contributed by atoms with Crippen molar-refractivity contribution in [2.75, 3.05) is 5.32 Å². The summed E-state index contributed by atoms with van der Waals surface area (Å²) in [5, 5.41) is 5.37. The Bertz CT molecular complexity index is 1220. The minimum absolute atomic E-state index is 0.134. The third-order valence-electron chi connectivity index (χ3n) is 5.77. The van der Waals surface area contributed by atoms with Crippen molar-refractivity contribution in [2.24, 2.45) is 5.73 Å². The molecule has 0 aliphatic heterocycles. The van der Waals surface area contributed by atoms with Crippen LogP contribution in [-0.2, 0) is 19.1 Å². The zero-order valence-corrected chi connectivity index (χ0v) is 22.8. The molecule has 0 bridgehead atoms. The Morgan fingerprint density at radius 3 is 2.11 bits per heavy atom. The molecule has 2 rings (SSSR count). The van der Waals surface area contributed by atoms with Gasteiger partial charge < -0.3 is 21.1 Å². The van der Waals surface area contributed by atoms with E-state index in [1.807, 2.05) is 51.1 Å². The number of primary amides is 1. The highest BCUT2D eigenvalue weighted by molar-refractivity contribution is 6.00. The Kier molecular flexibility index (Phi) is 10.1. The molecule has 0 heterocycles. The predicted octanol–water partition coefficient (Wildman–Crippen LogP) is 3.87. The molecule has 0 fully saturated rings. The maximum absolute atomic E-state index is 13.8. The van der Waals surface area contributed by atoms with Crippen LogP contribution in [0.25, 0.3) is 0 Å². The van der Waals surface area contributed by atoms with E-state index in [9.17, 15) is 19.2 Å². The molecule has 2 unspecified atom stereocenters. The molecule has 2 aromatic carbocycles. The molecular weight excluding hydrogens is 484 g/mol. The summed E-state index contributed by atoms with van der Waals surface area (Å²) in [5.74, 6) is -1.95. The van der Waals surface area contributed by atoms with E-state index in [1.165, 1.54) is 0 Å². The van der Waals surface area contributed by atoms with Crippen molar-refractivity contribution in [2.45, 2.75) is 72.1 Å². The molecule has 0 aliphatic carbocycles. The number of carbonyl (C=O) groups is 4. The average molecular weight is 521 g/mol. The minimum atomic E-state index is -1.27. The number of anilines is 1. The van der Waals surface area contributed by atoms with Crippen LogP contribution in [0.3, 0.4) is 0 Å². The molecule has 9 heteroatoms. The fourth-order valence-corrected chi connectivity index (χ4v) is 3.98. The van der Waals surface area contributed by atoms with Gasteiger partial charge >= 0.3 is 6.09 Å². The average Bonchev–Trinajstić information content (AvgIpc) is 2.81. The number of terminal acetylenes is 1. The highest BCUT2D eigenvalue weighted by atomic mass is 16.6. The van der Waals surface area contributed by atoms with E-state index in [-0.39, 0.29) is 12.8 Å². The SMILES string of the molecule is C#CN(C(=O)C(CCC(N)=O)NC(=O)OC(C)(C)C)C(C(=O)Nc1ccccc1C)c1c(C)cccc1C. The van der Waals surface area contributed by atoms with Gasteiger partial charge in [-0.05, 0) is 76.3 Å². The molecule has 0 radical (unpaired) electrons. The van der Waals surface area contributed by atoms with E-state index in [1.54, 1.807) is 32.9 Å². The van der Waals surface area contributed by atoms with Gasteiger partial charge in [-0.3, -0.25) is 19.3 Å². The van der Waals surface area contributed by atoms with Crippen molar-refractivity contribution in [3.63, 3.8) is 0 Å². The molecule has 0 saturated heterocycles. The second-order valence-electron chi connectivity index (χ2n) is 10.1. The van der Waals surface area contributed by atoms with E-state index in [0.29, 0.717) is 11.3 Å². The highest BCUT2D eigenvalue weighted by Gasteiger charge is 2.37. The monoisotopic (exact) mass is 520 g/mol. The first kappa shape index (κ1) is 29.9. The molecular formula is C29H36N4O5. The number of aryl methyl sites for hydroxylation is 3. The van der Waals surface area contributed by atoms with Gasteiger partial charge in [0.15, 0.2) is 0 Å². The van der Waals surface area contributed by atoms with E-state index < -0.39 is 41.5 Å². The van der Waals surface area contributed by atoms with E-state index in [4.69, 9.17) is 16.9 Å². The fraction of sp³-hybridized carbons (Fsp3) is 0.379. The molecule has 4 N–H and O–H groups in total. The topological polar surface area (TPSA) is 131 Å². The lowest BCUT2D eigenvalue weighted by atomic mass is 9.93. The lowest BCUT2D eigenvalue weighted by Gasteiger charge is -2.32. The van der Waals surface area contributed by atoms with Crippen molar-refractivity contribution in [3.8, 4) is 12.5 Å². The largest absolute Gasteiger partial charge is 0.444 e. The normalized spacial score (nSPS) is 12.4. The maximum Gasteiger partial charge on any atom is 0.408 e. The quantitative estimate of drug-likeness (QED) is 0.341. The number of carbonyl (C=O) groups excluding carboxylic acids is 4. The first-order valence-electron chi connectivity index (χ1n) is 12.2. The fourth-order valence-electron chi connectivity index (χ4n) is 3.98. The summed E-state index contributed by atoms with van der Waals surface area (Å²) in [6.45, 7) is 10.5. The number of amides is 4. The van der Waals surface area contributed by atoms with Gasteiger partial charge in [-0.25, -0.2) is 4.79 Å². The number of ether oxygens (including phenoxy) is 1. The molecule has 2 aromatic rings. The molecule has 202 valence electrons. The van der Waals surface area contributed by atoms with Crippen LogP contribution in [0.4, 0.5) is 10.5 Å². The van der Waals surface area contributed by atoms with Gasteiger partial charge in [0.2, 0.25) is 5.91 Å². The summed E-state index contributed by atoms with van der Waals surface area (Å²) in [6.07, 6.45) is 4.63. The number of hydrogen-bond donors (Lipinski definition) is 3. The third kappa shape index (κ3) is 8.10. The number of nitrogens with one attached hydrogen (secondary N) is 2. The molecule has 2 atom stereocenters. The van der Waals surface area contributed by atoms with Crippen LogP contribution in [0.1, 0.15) is 61.9 Å². The minimum Gasteiger partial charge on any atom is -0.444 e. The number of benzene rings is 2. The molecule has 0 saturated carbocycles. The Morgan fingerprint density at radius 1 is 1.00 bits per heavy atom. The smallest absolute Gasteiger partial charge is 0.408 e. The lowest BCUT2D eigenvalue weighted by molar-refractivity contribution is -0.137. The standard InChI is InChI=1S/C29H36N4O5/c1-8-33(27(36)22(16-17-23(30)34)32-28(37)38-29(5,6)7)25(24-19(3)13-11-14-20(24)4)26(35)31-21-15-10-9-12-18(21)2/h1,9-15,22,25H,16-17H2,2-7H3,(H2,30,34)(H,31,35)(H,32,37). The molecule has 9 nitrogen and oxygen atoms in total. The van der Waals surface area contributed by atoms with Crippen LogP contribution in [0.2, 0.25) is 0 Å². The summed E-state index contributed by atoms with van der Waals surface area (Å²) >= 11 is 0. The van der Waals surface area contributed by atoms with Crippen LogP contribution < -0.4 is 16.4 Å². The summed E-state index contributed by atoms with van der Waals surface area (Å²) in [4.78, 5) is 52.6. The van der Waals surface area contributed by atoms with Gasteiger partial charge in [0.05, 0.1) is 0 Å². The van der Waals surface area contributed by atoms with Gasteiger partial charge in [-0.15, -0.1) is 0 Å². The Hall–Kier alpha value is -4.32. The van der Waals surface area contributed by atoms with E-state index in [2.05, 4.69) is 16.7 Å². The number of para-hydroxylation sites is 1. The maximum atomic E-state index is 13.8. The highest BCUT2D eigenvalue weighted by Crippen LogP contribution is 2.30. The molecule has 0 spiro atoms. The second-order valence-corrected chi connectivity index (χ2v) is 10.1. The van der Waals surface area contributed by atoms with Crippen molar-refractivity contribution in [1.82, 2.24) is 10.2 Å². The molecule has 4 amide bonds. The van der Waals surface area contributed by atoms with Crippen molar-refractivity contribution < 1.29 is 23.9 Å². The molecule has 0 aliphatic rings. The van der Waals surface area contributed by atoms with Gasteiger partial charge in [-0.1, -0.05) is 42.8 Å². The van der Waals surface area contributed by atoms with Crippen LogP contribution in [0, 0.1) is 33.2 Å². The van der Waals surface area contributed by atoms with Crippen molar-refractivity contribution >= 4 is 29.5 Å². The summed E-state index contributed by atoms with van der Waals surface area (Å²) in [5.41, 5.74) is 7.91. The molecule has 38 heavy (non-hydrogen) atoms. The van der Waals surface area contributed by atoms with Crippen LogP contribution in [0.15, 0.2) is 42.5 Å². The third-order valence-corrected chi connectivity index (χ3v) is 5.77. The number of hydrogen-bond acceptors (Lipinski definition) is 5. The first-order chi connectivity index (χ1) is 17.7. The summed E-state index contributed by atoms with van der Waals surface area (Å²) in [7, 11) is 0. The van der Waals surface area contributed by atoms with E-state index >= 15 is 0 Å². The van der Waals surface area contributed by atoms with Crippen molar-refractivity contribution in [1.29, 1.82) is 0 Å². The summed E-state index contributed by atoms with van der Waals surface area (Å²) < 4.78 is 5.29. The van der Waals surface area contributed by atoms with Gasteiger partial charge in [0.1, 0.15) is 17.7 Å². The zero-order chi connectivity index (χ0) is 28.6. The number of rotatable bonds is 9. The van der Waals surface area contributed by atoms with Crippen LogP contribution in [0.5, 0.6) is 0 Å². The number of alkyl carbamates (subject to hydrolysis) is 1. The first-order valence-corrected chi connectivity index (χ1v) is 12.2.